The van der Waals surface area contributed by atoms with Crippen LogP contribution in [0.15, 0.2) is 64.9 Å². The van der Waals surface area contributed by atoms with Crippen LogP contribution in [0.5, 0.6) is 0 Å². The van der Waals surface area contributed by atoms with Gasteiger partial charge in [-0.25, -0.2) is 4.68 Å². The molecule has 8 nitrogen and oxygen atoms in total. The number of para-hydroxylation sites is 1. The molecule has 1 aliphatic heterocycles. The quantitative estimate of drug-likeness (QED) is 0.349. The monoisotopic (exact) mass is 434 g/mol. The lowest BCUT2D eigenvalue weighted by molar-refractivity contribution is -0.140. The fourth-order valence-corrected chi connectivity index (χ4v) is 4.03. The number of rotatable bonds is 7. The van der Waals surface area contributed by atoms with Crippen LogP contribution < -0.4 is 0 Å². The molecule has 32 heavy (non-hydrogen) atoms. The van der Waals surface area contributed by atoms with E-state index in [1.165, 1.54) is 17.4 Å². The summed E-state index contributed by atoms with van der Waals surface area (Å²) in [5, 5.41) is 15.6. The molecule has 1 amide bonds. The fourth-order valence-electron chi connectivity index (χ4n) is 4.03. The first kappa shape index (κ1) is 21.6. The van der Waals surface area contributed by atoms with Crippen LogP contribution in [0.2, 0.25) is 0 Å². The van der Waals surface area contributed by atoms with Gasteiger partial charge in [0.2, 0.25) is 0 Å². The van der Waals surface area contributed by atoms with E-state index < -0.39 is 17.7 Å². The van der Waals surface area contributed by atoms with Gasteiger partial charge < -0.3 is 19.3 Å². The van der Waals surface area contributed by atoms with Crippen molar-refractivity contribution in [2.75, 3.05) is 27.2 Å². The number of carbonyl (C=O) groups excluding carboxylic acids is 2. The highest BCUT2D eigenvalue weighted by Crippen LogP contribution is 2.40. The number of hydrogen-bond acceptors (Lipinski definition) is 6. The Bertz CT molecular complexity index is 1150. The smallest absolute Gasteiger partial charge is 0.295 e. The molecule has 1 unspecified atom stereocenters. The second kappa shape index (κ2) is 8.84. The Kier molecular flexibility index (Phi) is 5.96. The number of ketones is 1. The Labute approximate surface area is 186 Å². The number of aromatic nitrogens is 2. The molecule has 3 aromatic rings. The van der Waals surface area contributed by atoms with E-state index in [0.29, 0.717) is 30.0 Å². The van der Waals surface area contributed by atoms with Crippen LogP contribution in [0.25, 0.3) is 11.4 Å². The van der Waals surface area contributed by atoms with Crippen LogP contribution in [0.3, 0.4) is 0 Å². The molecule has 1 atom stereocenters. The van der Waals surface area contributed by atoms with Crippen molar-refractivity contribution in [2.24, 2.45) is 0 Å². The number of aliphatic hydroxyl groups is 1. The van der Waals surface area contributed by atoms with Gasteiger partial charge in [0.1, 0.15) is 17.6 Å². The van der Waals surface area contributed by atoms with Crippen LogP contribution in [0, 0.1) is 6.92 Å². The number of Topliss-reactive ketones (excluding diaryl/α,β-unsaturated/α-hetero) is 1. The number of furan rings is 1. The van der Waals surface area contributed by atoms with Crippen molar-refractivity contribution in [1.82, 2.24) is 19.6 Å². The first-order valence-electron chi connectivity index (χ1n) is 10.5. The SMILES string of the molecule is Cc1c(/C(O)=C2/C(=O)C(=O)N(CCCN(C)C)C2c2ccco2)cnn1-c1ccccc1. The highest BCUT2D eigenvalue weighted by molar-refractivity contribution is 6.46. The predicted octanol–water partition coefficient (Wildman–Crippen LogP) is 3.15. The molecule has 4 rings (SSSR count). The first-order chi connectivity index (χ1) is 15.4. The van der Waals surface area contributed by atoms with E-state index >= 15 is 0 Å². The summed E-state index contributed by atoms with van der Waals surface area (Å²) >= 11 is 0. The van der Waals surface area contributed by atoms with E-state index in [2.05, 4.69) is 5.10 Å². The van der Waals surface area contributed by atoms with E-state index in [4.69, 9.17) is 4.42 Å². The van der Waals surface area contributed by atoms with Gasteiger partial charge in [-0.05, 0) is 58.3 Å². The van der Waals surface area contributed by atoms with Crippen molar-refractivity contribution in [2.45, 2.75) is 19.4 Å². The Hall–Kier alpha value is -3.65. The summed E-state index contributed by atoms with van der Waals surface area (Å²) in [5.74, 6) is -1.18. The molecule has 1 aliphatic rings. The molecule has 1 aromatic carbocycles. The molecule has 0 saturated carbocycles. The molecule has 1 saturated heterocycles. The van der Waals surface area contributed by atoms with Gasteiger partial charge in [-0.15, -0.1) is 0 Å². The van der Waals surface area contributed by atoms with Gasteiger partial charge in [0.05, 0.1) is 35.0 Å². The number of amides is 1. The molecule has 8 heteroatoms. The normalized spacial score (nSPS) is 18.1. The minimum Gasteiger partial charge on any atom is -0.507 e. The van der Waals surface area contributed by atoms with Crippen LogP contribution in [0.4, 0.5) is 0 Å². The van der Waals surface area contributed by atoms with Crippen molar-refractivity contribution in [3.05, 3.63) is 77.5 Å². The summed E-state index contributed by atoms with van der Waals surface area (Å²) in [6.07, 6.45) is 3.69. The average Bonchev–Trinajstić information content (AvgIpc) is 3.49. The highest BCUT2D eigenvalue weighted by atomic mass is 16.3. The van der Waals surface area contributed by atoms with Crippen molar-refractivity contribution in [3.8, 4) is 5.69 Å². The van der Waals surface area contributed by atoms with Gasteiger partial charge in [0, 0.05) is 6.54 Å². The molecular weight excluding hydrogens is 408 g/mol. The Morgan fingerprint density at radius 1 is 1.16 bits per heavy atom. The minimum absolute atomic E-state index is 0.0190. The third-order valence-corrected chi connectivity index (χ3v) is 5.62. The second-order valence-electron chi connectivity index (χ2n) is 8.06. The zero-order valence-electron chi connectivity index (χ0n) is 18.4. The van der Waals surface area contributed by atoms with Gasteiger partial charge >= 0.3 is 0 Å². The third kappa shape index (κ3) is 3.85. The first-order valence-corrected chi connectivity index (χ1v) is 10.5. The van der Waals surface area contributed by atoms with E-state index in [1.54, 1.807) is 16.8 Å². The molecule has 1 N–H and O–H groups in total. The summed E-state index contributed by atoms with van der Waals surface area (Å²) in [6.45, 7) is 2.94. The number of carbonyl (C=O) groups is 2. The van der Waals surface area contributed by atoms with Gasteiger partial charge in [-0.3, -0.25) is 9.59 Å². The summed E-state index contributed by atoms with van der Waals surface area (Å²) in [7, 11) is 3.90. The summed E-state index contributed by atoms with van der Waals surface area (Å²) < 4.78 is 7.25. The Morgan fingerprint density at radius 3 is 2.56 bits per heavy atom. The topological polar surface area (TPSA) is 91.8 Å². The molecular formula is C24H26N4O4. The van der Waals surface area contributed by atoms with E-state index in [0.717, 1.165) is 12.2 Å². The Balaban J connectivity index is 1.77. The van der Waals surface area contributed by atoms with Crippen LogP contribution in [-0.2, 0) is 9.59 Å². The van der Waals surface area contributed by atoms with Gasteiger partial charge in [0.25, 0.3) is 11.7 Å². The van der Waals surface area contributed by atoms with E-state index in [-0.39, 0.29) is 11.3 Å². The number of nitrogens with zero attached hydrogens (tertiary/aromatic N) is 4. The molecule has 0 bridgehead atoms. The van der Waals surface area contributed by atoms with E-state index in [1.807, 2.05) is 56.3 Å². The maximum Gasteiger partial charge on any atom is 0.295 e. The maximum absolute atomic E-state index is 13.0. The zero-order chi connectivity index (χ0) is 22.8. The lowest BCUT2D eigenvalue weighted by Crippen LogP contribution is -2.32. The number of aliphatic hydroxyl groups excluding tert-OH is 1. The van der Waals surface area contributed by atoms with Crippen LogP contribution in [0.1, 0.15) is 29.5 Å². The highest BCUT2D eigenvalue weighted by Gasteiger charge is 2.47. The summed E-state index contributed by atoms with van der Waals surface area (Å²) in [5.41, 5.74) is 1.91. The average molecular weight is 434 g/mol. The molecule has 166 valence electrons. The van der Waals surface area contributed by atoms with Gasteiger partial charge in [0.15, 0.2) is 0 Å². The Morgan fingerprint density at radius 2 is 1.91 bits per heavy atom. The second-order valence-corrected chi connectivity index (χ2v) is 8.06. The van der Waals surface area contributed by atoms with Crippen molar-refractivity contribution in [3.63, 3.8) is 0 Å². The third-order valence-electron chi connectivity index (χ3n) is 5.62. The predicted molar refractivity (Wildman–Crippen MR) is 119 cm³/mol. The van der Waals surface area contributed by atoms with Crippen molar-refractivity contribution >= 4 is 17.4 Å². The molecule has 3 heterocycles. The number of likely N-dealkylation sites (tertiary alicyclic amines) is 1. The van der Waals surface area contributed by atoms with Gasteiger partial charge in [-0.1, -0.05) is 18.2 Å². The molecule has 0 aliphatic carbocycles. The van der Waals surface area contributed by atoms with Gasteiger partial charge in [-0.2, -0.15) is 5.10 Å². The number of benzene rings is 1. The van der Waals surface area contributed by atoms with Crippen molar-refractivity contribution < 1.29 is 19.1 Å². The largest absolute Gasteiger partial charge is 0.507 e. The lowest BCUT2D eigenvalue weighted by Gasteiger charge is -2.23. The molecule has 2 aromatic heterocycles. The lowest BCUT2D eigenvalue weighted by atomic mass is 9.99. The van der Waals surface area contributed by atoms with Crippen LogP contribution in [-0.4, -0.2) is 63.6 Å². The maximum atomic E-state index is 13.0. The zero-order valence-corrected chi connectivity index (χ0v) is 18.4. The number of hydrogen-bond donors (Lipinski definition) is 1. The van der Waals surface area contributed by atoms with Crippen LogP contribution >= 0.6 is 0 Å². The fraction of sp³-hybridized carbons (Fsp3) is 0.292. The summed E-state index contributed by atoms with van der Waals surface area (Å²) in [6, 6.07) is 12.1. The molecule has 1 fully saturated rings. The minimum atomic E-state index is -0.786. The molecule has 0 spiro atoms. The van der Waals surface area contributed by atoms with E-state index in [9.17, 15) is 14.7 Å². The van der Waals surface area contributed by atoms with Crippen molar-refractivity contribution in [1.29, 1.82) is 0 Å². The standard InChI is InChI=1S/C24H26N4O4/c1-16-18(15-25-28(16)17-9-5-4-6-10-17)22(29)20-21(19-11-7-14-32-19)27(24(31)23(20)30)13-8-12-26(2)3/h4-7,9-11,14-15,21,29H,8,12-13H2,1-3H3/b22-20-. The molecule has 0 radical (unpaired) electrons. The summed E-state index contributed by atoms with van der Waals surface area (Å²) in [4.78, 5) is 29.4.